The number of rotatable bonds is 0. The highest BCUT2D eigenvalue weighted by Crippen LogP contribution is 2.47. The summed E-state index contributed by atoms with van der Waals surface area (Å²) in [6, 6.07) is 4.36. The van der Waals surface area contributed by atoms with Crippen LogP contribution in [0, 0.1) is 5.82 Å². The minimum absolute atomic E-state index is 0. The molecule has 0 saturated carbocycles. The number of piperidine rings is 1. The van der Waals surface area contributed by atoms with Gasteiger partial charge in [-0.1, -0.05) is 0 Å². The molecule has 2 heterocycles. The summed E-state index contributed by atoms with van der Waals surface area (Å²) in [6.45, 7) is 0.990. The number of halogens is 2. The van der Waals surface area contributed by atoms with Gasteiger partial charge in [-0.2, -0.15) is 0 Å². The van der Waals surface area contributed by atoms with Crippen molar-refractivity contribution in [1.82, 2.24) is 10.2 Å². The lowest BCUT2D eigenvalue weighted by atomic mass is 9.73. The van der Waals surface area contributed by atoms with Gasteiger partial charge in [-0.3, -0.25) is 4.79 Å². The van der Waals surface area contributed by atoms with Crippen LogP contribution in [-0.2, 0) is 10.2 Å². The third-order valence-corrected chi connectivity index (χ3v) is 4.67. The first-order valence-electron chi connectivity index (χ1n) is 7.04. The second-order valence-corrected chi connectivity index (χ2v) is 5.65. The fourth-order valence-corrected chi connectivity index (χ4v) is 3.46. The van der Waals surface area contributed by atoms with E-state index in [0.29, 0.717) is 25.9 Å². The van der Waals surface area contributed by atoms with Gasteiger partial charge in [0, 0.05) is 32.9 Å². The first kappa shape index (κ1) is 16.5. The molecule has 0 aromatic heterocycles. The average molecular weight is 328 g/mol. The number of hydrogen-bond donors (Lipinski definition) is 1. The molecule has 3 amide bonds. The summed E-state index contributed by atoms with van der Waals surface area (Å²) in [4.78, 5) is 27.6. The molecule has 3 rings (SSSR count). The Bertz CT molecular complexity index is 615. The summed E-state index contributed by atoms with van der Waals surface area (Å²) >= 11 is 0. The summed E-state index contributed by atoms with van der Waals surface area (Å²) in [5.41, 5.74) is 0.845. The van der Waals surface area contributed by atoms with Gasteiger partial charge in [0.2, 0.25) is 5.91 Å². The van der Waals surface area contributed by atoms with Gasteiger partial charge in [-0.15, -0.1) is 12.4 Å². The molecule has 1 aromatic rings. The molecule has 1 spiro atoms. The molecule has 1 N–H and O–H groups in total. The Hall–Kier alpha value is -1.82. The van der Waals surface area contributed by atoms with E-state index in [0.717, 1.165) is 11.3 Å². The highest BCUT2D eigenvalue weighted by Gasteiger charge is 2.51. The van der Waals surface area contributed by atoms with Crippen LogP contribution in [0.5, 0.6) is 0 Å². The second-order valence-electron chi connectivity index (χ2n) is 5.65. The van der Waals surface area contributed by atoms with E-state index >= 15 is 0 Å². The number of hydrogen-bond acceptors (Lipinski definition) is 2. The van der Waals surface area contributed by atoms with Crippen LogP contribution in [0.3, 0.4) is 0 Å². The molecule has 1 aromatic carbocycles. The van der Waals surface area contributed by atoms with Crippen LogP contribution < -0.4 is 10.2 Å². The number of likely N-dealkylation sites (tertiary alicyclic amines) is 1. The van der Waals surface area contributed by atoms with Gasteiger partial charge >= 0.3 is 6.03 Å². The largest absolute Gasteiger partial charge is 0.341 e. The molecule has 2 aliphatic heterocycles. The maximum Gasteiger partial charge on any atom is 0.317 e. The predicted octanol–water partition coefficient (Wildman–Crippen LogP) is 1.90. The Morgan fingerprint density at radius 2 is 1.95 bits per heavy atom. The first-order valence-corrected chi connectivity index (χ1v) is 7.04. The monoisotopic (exact) mass is 327 g/mol. The Labute approximate surface area is 134 Å². The predicted molar refractivity (Wildman–Crippen MR) is 84.0 cm³/mol. The highest BCUT2D eigenvalue weighted by molar-refractivity contribution is 6.07. The number of fused-ring (bicyclic) bond motifs is 2. The molecule has 1 saturated heterocycles. The number of nitrogens with one attached hydrogen (secondary N) is 1. The molecular formula is C15H19ClFN3O2. The van der Waals surface area contributed by atoms with Crippen LogP contribution in [0.15, 0.2) is 18.2 Å². The standard InChI is InChI=1S/C15H18FN3O2.ClH/c1-17-14(21)19-7-5-15(6-8-19)11-9-10(16)3-4-12(11)18(2)13(15)20;/h3-4,9H,5-8H2,1-2H3,(H,17,21);1H. The zero-order chi connectivity index (χ0) is 15.2. The van der Waals surface area contributed by atoms with E-state index in [1.54, 1.807) is 30.0 Å². The summed E-state index contributed by atoms with van der Waals surface area (Å²) in [6.07, 6.45) is 1.06. The number of urea groups is 1. The van der Waals surface area contributed by atoms with E-state index in [9.17, 15) is 14.0 Å². The molecule has 120 valence electrons. The van der Waals surface area contributed by atoms with Crippen LogP contribution in [0.2, 0.25) is 0 Å². The second kappa shape index (κ2) is 5.76. The molecule has 7 heteroatoms. The van der Waals surface area contributed by atoms with Gasteiger partial charge in [0.1, 0.15) is 5.82 Å². The van der Waals surface area contributed by atoms with E-state index < -0.39 is 5.41 Å². The van der Waals surface area contributed by atoms with Crippen LogP contribution in [0.4, 0.5) is 14.9 Å². The van der Waals surface area contributed by atoms with Gasteiger partial charge in [0.25, 0.3) is 0 Å². The normalized spacial score (nSPS) is 19.0. The average Bonchev–Trinajstić information content (AvgIpc) is 2.70. The van der Waals surface area contributed by atoms with Gasteiger partial charge in [0.05, 0.1) is 5.41 Å². The fraction of sp³-hybridized carbons (Fsp3) is 0.467. The third kappa shape index (κ3) is 2.22. The molecule has 0 unspecified atom stereocenters. The Balaban J connectivity index is 0.00000176. The summed E-state index contributed by atoms with van der Waals surface area (Å²) in [7, 11) is 3.31. The minimum Gasteiger partial charge on any atom is -0.341 e. The lowest BCUT2D eigenvalue weighted by Gasteiger charge is -2.38. The van der Waals surface area contributed by atoms with Gasteiger partial charge < -0.3 is 15.1 Å². The lowest BCUT2D eigenvalue weighted by Crippen LogP contribution is -2.51. The van der Waals surface area contributed by atoms with Crippen molar-refractivity contribution in [3.63, 3.8) is 0 Å². The van der Waals surface area contributed by atoms with Crippen molar-refractivity contribution in [3.05, 3.63) is 29.6 Å². The number of benzene rings is 1. The molecule has 0 radical (unpaired) electrons. The summed E-state index contributed by atoms with van der Waals surface area (Å²) < 4.78 is 13.6. The summed E-state index contributed by atoms with van der Waals surface area (Å²) in [5.74, 6) is -0.329. The molecule has 2 aliphatic rings. The smallest absolute Gasteiger partial charge is 0.317 e. The fourth-order valence-electron chi connectivity index (χ4n) is 3.46. The van der Waals surface area contributed by atoms with Crippen molar-refractivity contribution in [3.8, 4) is 0 Å². The zero-order valence-electron chi connectivity index (χ0n) is 12.6. The van der Waals surface area contributed by atoms with E-state index in [1.807, 2.05) is 0 Å². The molecule has 0 aliphatic carbocycles. The van der Waals surface area contributed by atoms with Crippen molar-refractivity contribution >= 4 is 30.0 Å². The zero-order valence-corrected chi connectivity index (χ0v) is 13.4. The van der Waals surface area contributed by atoms with Crippen LogP contribution in [0.25, 0.3) is 0 Å². The molecule has 0 atom stereocenters. The Morgan fingerprint density at radius 1 is 1.32 bits per heavy atom. The highest BCUT2D eigenvalue weighted by atomic mass is 35.5. The van der Waals surface area contributed by atoms with Gasteiger partial charge in [-0.25, -0.2) is 9.18 Å². The number of carbonyl (C=O) groups is 2. The number of anilines is 1. The van der Waals surface area contributed by atoms with Crippen molar-refractivity contribution in [2.45, 2.75) is 18.3 Å². The van der Waals surface area contributed by atoms with Crippen LogP contribution >= 0.6 is 12.4 Å². The number of likely N-dealkylation sites (N-methyl/N-ethyl adjacent to an activating group) is 1. The molecular weight excluding hydrogens is 309 g/mol. The molecule has 1 fully saturated rings. The van der Waals surface area contributed by atoms with Crippen LogP contribution in [0.1, 0.15) is 18.4 Å². The molecule has 0 bridgehead atoms. The van der Waals surface area contributed by atoms with Gasteiger partial charge in [-0.05, 0) is 36.6 Å². The van der Waals surface area contributed by atoms with Crippen LogP contribution in [-0.4, -0.2) is 44.0 Å². The quantitative estimate of drug-likeness (QED) is 0.791. The number of amides is 3. The Kier molecular flexibility index (Phi) is 4.33. The topological polar surface area (TPSA) is 52.7 Å². The van der Waals surface area contributed by atoms with E-state index in [1.165, 1.54) is 12.1 Å². The maximum atomic E-state index is 13.6. The number of nitrogens with zero attached hydrogens (tertiary/aromatic N) is 2. The van der Waals surface area contributed by atoms with Crippen molar-refractivity contribution < 1.29 is 14.0 Å². The van der Waals surface area contributed by atoms with E-state index in [2.05, 4.69) is 5.32 Å². The SMILES string of the molecule is CNC(=O)N1CCC2(CC1)C(=O)N(C)c1ccc(F)cc12.Cl. The van der Waals surface area contributed by atoms with E-state index in [4.69, 9.17) is 0 Å². The summed E-state index contributed by atoms with van der Waals surface area (Å²) in [5, 5.41) is 2.59. The van der Waals surface area contributed by atoms with E-state index in [-0.39, 0.29) is 30.2 Å². The third-order valence-electron chi connectivity index (χ3n) is 4.67. The minimum atomic E-state index is -0.684. The molecule has 22 heavy (non-hydrogen) atoms. The Morgan fingerprint density at radius 3 is 2.55 bits per heavy atom. The van der Waals surface area contributed by atoms with Crippen molar-refractivity contribution in [2.24, 2.45) is 0 Å². The number of carbonyl (C=O) groups excluding carboxylic acids is 2. The van der Waals surface area contributed by atoms with Crippen molar-refractivity contribution in [1.29, 1.82) is 0 Å². The lowest BCUT2D eigenvalue weighted by molar-refractivity contribution is -0.124. The molecule has 5 nitrogen and oxygen atoms in total. The van der Waals surface area contributed by atoms with Crippen molar-refractivity contribution in [2.75, 3.05) is 32.1 Å². The maximum absolute atomic E-state index is 13.6. The van der Waals surface area contributed by atoms with Gasteiger partial charge in [0.15, 0.2) is 0 Å². The first-order chi connectivity index (χ1) is 9.99.